The van der Waals surface area contributed by atoms with E-state index in [0.717, 1.165) is 22.6 Å². The Morgan fingerprint density at radius 3 is 2.66 bits per heavy atom. The van der Waals surface area contributed by atoms with E-state index in [9.17, 15) is 23.6 Å². The molecule has 0 unspecified atom stereocenters. The Hall–Kier alpha value is -3.48. The number of halogens is 1. The number of para-hydroxylation sites is 1. The van der Waals surface area contributed by atoms with Crippen molar-refractivity contribution in [2.75, 3.05) is 24.6 Å². The number of rotatable bonds is 7. The molecule has 1 aliphatic carbocycles. The van der Waals surface area contributed by atoms with Crippen molar-refractivity contribution in [1.82, 2.24) is 10.2 Å². The van der Waals surface area contributed by atoms with Crippen LogP contribution in [0.5, 0.6) is 0 Å². The standard InChI is InChI=1S/C22H25FN4O5/c1-15-7-9-22(10-8-15)20(30)27(21(31)25-22)13-19(29)32-14-18(28)26(12-4-11-24)17-6-3-2-5-16(17)23/h2-3,5-6,15H,4,7-10,12-14H2,1H3,(H,25,31). The van der Waals surface area contributed by atoms with Gasteiger partial charge in [-0.1, -0.05) is 19.1 Å². The average molecular weight is 444 g/mol. The molecule has 0 radical (unpaired) electrons. The first-order chi connectivity index (χ1) is 15.3. The number of nitrogens with one attached hydrogen (secondary N) is 1. The van der Waals surface area contributed by atoms with E-state index in [1.54, 1.807) is 0 Å². The highest BCUT2D eigenvalue weighted by Crippen LogP contribution is 2.36. The average Bonchev–Trinajstić information content (AvgIpc) is 3.00. The molecule has 1 aromatic carbocycles. The van der Waals surface area contributed by atoms with Crippen molar-refractivity contribution < 1.29 is 28.3 Å². The molecule has 1 aromatic rings. The molecule has 170 valence electrons. The molecule has 1 N–H and O–H groups in total. The van der Waals surface area contributed by atoms with Gasteiger partial charge in [0.05, 0.1) is 18.2 Å². The number of urea groups is 1. The van der Waals surface area contributed by atoms with Gasteiger partial charge >= 0.3 is 12.0 Å². The SMILES string of the molecule is CC1CCC2(CC1)NC(=O)N(CC(=O)OCC(=O)N(CCC#N)c1ccccc1F)C2=O. The lowest BCUT2D eigenvalue weighted by atomic mass is 9.77. The molecule has 0 atom stereocenters. The van der Waals surface area contributed by atoms with Crippen LogP contribution in [-0.4, -0.2) is 54.0 Å². The minimum Gasteiger partial charge on any atom is -0.454 e. The Kier molecular flexibility index (Phi) is 7.08. The van der Waals surface area contributed by atoms with Crippen LogP contribution >= 0.6 is 0 Å². The molecule has 1 spiro atoms. The number of amides is 4. The highest BCUT2D eigenvalue weighted by Gasteiger charge is 2.52. The maximum absolute atomic E-state index is 14.1. The number of ether oxygens (including phenoxy) is 1. The zero-order chi connectivity index (χ0) is 23.3. The lowest BCUT2D eigenvalue weighted by molar-refractivity contribution is -0.150. The van der Waals surface area contributed by atoms with E-state index in [4.69, 9.17) is 10.00 Å². The van der Waals surface area contributed by atoms with Crippen molar-refractivity contribution in [2.45, 2.75) is 44.6 Å². The Bertz CT molecular complexity index is 952. The predicted octanol–water partition coefficient (Wildman–Crippen LogP) is 2.12. The Morgan fingerprint density at radius 1 is 1.31 bits per heavy atom. The van der Waals surface area contributed by atoms with Gasteiger partial charge in [-0.3, -0.25) is 19.3 Å². The molecular formula is C22H25FN4O5. The van der Waals surface area contributed by atoms with Gasteiger partial charge in [0.1, 0.15) is 17.9 Å². The molecule has 0 aromatic heterocycles. The molecule has 4 amide bonds. The third-order valence-corrected chi connectivity index (χ3v) is 5.91. The molecule has 1 heterocycles. The van der Waals surface area contributed by atoms with Gasteiger partial charge in [0, 0.05) is 6.54 Å². The normalized spacial score (nSPS) is 22.4. The summed E-state index contributed by atoms with van der Waals surface area (Å²) in [5.74, 6) is -2.31. The van der Waals surface area contributed by atoms with Gasteiger partial charge in [0.25, 0.3) is 11.8 Å². The molecule has 3 rings (SSSR count). The molecule has 2 fully saturated rings. The van der Waals surface area contributed by atoms with Gasteiger partial charge in [-0.25, -0.2) is 9.18 Å². The Labute approximate surface area is 185 Å². The first-order valence-electron chi connectivity index (χ1n) is 10.5. The van der Waals surface area contributed by atoms with Crippen LogP contribution in [0.3, 0.4) is 0 Å². The Morgan fingerprint density at radius 2 is 2.00 bits per heavy atom. The van der Waals surface area contributed by atoms with Gasteiger partial charge < -0.3 is 15.0 Å². The fraction of sp³-hybridized carbons (Fsp3) is 0.500. The second-order valence-corrected chi connectivity index (χ2v) is 8.15. The smallest absolute Gasteiger partial charge is 0.326 e. The third-order valence-electron chi connectivity index (χ3n) is 5.91. The zero-order valence-corrected chi connectivity index (χ0v) is 17.8. The maximum Gasteiger partial charge on any atom is 0.326 e. The number of anilines is 1. The monoisotopic (exact) mass is 444 g/mol. The quantitative estimate of drug-likeness (QED) is 0.508. The van der Waals surface area contributed by atoms with Crippen molar-refractivity contribution in [3.63, 3.8) is 0 Å². The topological polar surface area (TPSA) is 120 Å². The summed E-state index contributed by atoms with van der Waals surface area (Å²) in [5.41, 5.74) is -1.01. The van der Waals surface area contributed by atoms with Crippen LogP contribution in [0.25, 0.3) is 0 Å². The lowest BCUT2D eigenvalue weighted by Gasteiger charge is -2.33. The second-order valence-electron chi connectivity index (χ2n) is 8.15. The highest BCUT2D eigenvalue weighted by molar-refractivity contribution is 6.08. The number of carbonyl (C=O) groups excluding carboxylic acids is 4. The van der Waals surface area contributed by atoms with E-state index in [2.05, 4.69) is 12.2 Å². The van der Waals surface area contributed by atoms with E-state index >= 15 is 0 Å². The number of imide groups is 1. The molecule has 2 aliphatic rings. The summed E-state index contributed by atoms with van der Waals surface area (Å²) < 4.78 is 19.1. The van der Waals surface area contributed by atoms with E-state index in [1.807, 2.05) is 6.07 Å². The fourth-order valence-corrected chi connectivity index (χ4v) is 4.02. The molecular weight excluding hydrogens is 419 g/mol. The van der Waals surface area contributed by atoms with Gasteiger partial charge in [0.2, 0.25) is 0 Å². The zero-order valence-electron chi connectivity index (χ0n) is 17.8. The lowest BCUT2D eigenvalue weighted by Crippen LogP contribution is -2.49. The molecule has 1 saturated carbocycles. The predicted molar refractivity (Wildman–Crippen MR) is 111 cm³/mol. The number of benzene rings is 1. The van der Waals surface area contributed by atoms with Gasteiger partial charge in [-0.2, -0.15) is 5.26 Å². The number of carbonyl (C=O) groups is 4. The molecule has 9 nitrogen and oxygen atoms in total. The van der Waals surface area contributed by atoms with Crippen LogP contribution in [-0.2, 0) is 19.1 Å². The summed E-state index contributed by atoms with van der Waals surface area (Å²) in [6.07, 6.45) is 2.58. The highest BCUT2D eigenvalue weighted by atomic mass is 19.1. The number of nitrogens with zero attached hydrogens (tertiary/aromatic N) is 3. The maximum atomic E-state index is 14.1. The van der Waals surface area contributed by atoms with Crippen LogP contribution in [0.15, 0.2) is 24.3 Å². The van der Waals surface area contributed by atoms with Crippen molar-refractivity contribution >= 4 is 29.5 Å². The summed E-state index contributed by atoms with van der Waals surface area (Å²) >= 11 is 0. The van der Waals surface area contributed by atoms with Crippen LogP contribution in [0.1, 0.15) is 39.0 Å². The van der Waals surface area contributed by atoms with E-state index < -0.39 is 48.3 Å². The van der Waals surface area contributed by atoms with Crippen molar-refractivity contribution in [3.8, 4) is 6.07 Å². The van der Waals surface area contributed by atoms with E-state index in [-0.39, 0.29) is 18.7 Å². The summed E-state index contributed by atoms with van der Waals surface area (Å²) in [6, 6.07) is 6.78. The molecule has 0 bridgehead atoms. The summed E-state index contributed by atoms with van der Waals surface area (Å²) in [7, 11) is 0. The van der Waals surface area contributed by atoms with Crippen LogP contribution in [0.2, 0.25) is 0 Å². The summed E-state index contributed by atoms with van der Waals surface area (Å²) in [6.45, 7) is 0.668. The molecule has 10 heteroatoms. The Balaban J connectivity index is 1.59. The number of nitriles is 1. The van der Waals surface area contributed by atoms with Crippen molar-refractivity contribution in [3.05, 3.63) is 30.1 Å². The molecule has 32 heavy (non-hydrogen) atoms. The summed E-state index contributed by atoms with van der Waals surface area (Å²) in [5, 5.41) is 11.5. The largest absolute Gasteiger partial charge is 0.454 e. The van der Waals surface area contributed by atoms with Crippen LogP contribution < -0.4 is 10.2 Å². The van der Waals surface area contributed by atoms with Gasteiger partial charge in [0.15, 0.2) is 6.61 Å². The summed E-state index contributed by atoms with van der Waals surface area (Å²) in [4.78, 5) is 51.8. The van der Waals surface area contributed by atoms with E-state index in [1.165, 1.54) is 24.3 Å². The first-order valence-corrected chi connectivity index (χ1v) is 10.5. The van der Waals surface area contributed by atoms with Crippen LogP contribution in [0, 0.1) is 23.1 Å². The van der Waals surface area contributed by atoms with Crippen molar-refractivity contribution in [2.24, 2.45) is 5.92 Å². The number of hydrogen-bond acceptors (Lipinski definition) is 6. The minimum absolute atomic E-state index is 0.0358. The number of hydrogen-bond donors (Lipinski definition) is 1. The first kappa shape index (κ1) is 23.2. The van der Waals surface area contributed by atoms with Gasteiger partial charge in [-0.15, -0.1) is 0 Å². The van der Waals surface area contributed by atoms with Crippen molar-refractivity contribution in [1.29, 1.82) is 5.26 Å². The fourth-order valence-electron chi connectivity index (χ4n) is 4.02. The number of esters is 1. The second kappa shape index (κ2) is 9.77. The molecule has 1 saturated heterocycles. The third kappa shape index (κ3) is 4.88. The van der Waals surface area contributed by atoms with Gasteiger partial charge in [-0.05, 0) is 43.7 Å². The van der Waals surface area contributed by atoms with E-state index in [0.29, 0.717) is 18.8 Å². The van der Waals surface area contributed by atoms with Crippen LogP contribution in [0.4, 0.5) is 14.9 Å². The minimum atomic E-state index is -0.974. The molecule has 1 aliphatic heterocycles.